The second-order valence-corrected chi connectivity index (χ2v) is 6.87. The Hall–Kier alpha value is -2.21. The second kappa shape index (κ2) is 6.96. The van der Waals surface area contributed by atoms with E-state index in [9.17, 15) is 4.79 Å². The highest BCUT2D eigenvalue weighted by Crippen LogP contribution is 2.40. The molecule has 0 spiro atoms. The number of rotatable bonds is 6. The molecule has 6 nitrogen and oxygen atoms in total. The first-order chi connectivity index (χ1) is 12.2. The molecule has 0 aliphatic heterocycles. The lowest BCUT2D eigenvalue weighted by molar-refractivity contribution is -0.140. The number of fused-ring (bicyclic) bond motifs is 1. The fraction of sp³-hybridized carbons (Fsp3) is 0.526. The number of benzene rings is 1. The van der Waals surface area contributed by atoms with Gasteiger partial charge in [0.25, 0.3) is 5.89 Å². The topological polar surface area (TPSA) is 68.5 Å². The van der Waals surface area contributed by atoms with Gasteiger partial charge in [0, 0.05) is 6.04 Å². The highest BCUT2D eigenvalue weighted by molar-refractivity contribution is 5.78. The van der Waals surface area contributed by atoms with Gasteiger partial charge in [0.05, 0.1) is 6.04 Å². The molecule has 132 valence electrons. The van der Waals surface area contributed by atoms with E-state index in [2.05, 4.69) is 39.3 Å². The molecule has 1 heterocycles. The summed E-state index contributed by atoms with van der Waals surface area (Å²) in [4.78, 5) is 19.0. The van der Waals surface area contributed by atoms with Crippen LogP contribution in [0.5, 0.6) is 0 Å². The maximum Gasteiger partial charge on any atom is 0.252 e. The largest absolute Gasteiger partial charge is 0.362 e. The maximum atomic E-state index is 12.9. The van der Waals surface area contributed by atoms with Gasteiger partial charge in [-0.1, -0.05) is 29.4 Å². The van der Waals surface area contributed by atoms with E-state index in [0.29, 0.717) is 17.8 Å². The van der Waals surface area contributed by atoms with Gasteiger partial charge in [0.1, 0.15) is 13.2 Å². The quantitative estimate of drug-likeness (QED) is 0.808. The summed E-state index contributed by atoms with van der Waals surface area (Å²) < 4.78 is 10.6. The first-order valence-corrected chi connectivity index (χ1v) is 8.98. The van der Waals surface area contributed by atoms with Crippen LogP contribution in [0.1, 0.15) is 54.6 Å². The van der Waals surface area contributed by atoms with E-state index in [0.717, 1.165) is 32.1 Å². The fourth-order valence-electron chi connectivity index (χ4n) is 3.70. The Bertz CT molecular complexity index is 754. The van der Waals surface area contributed by atoms with Crippen LogP contribution in [0, 0.1) is 6.92 Å². The Balaban J connectivity index is 1.44. The van der Waals surface area contributed by atoms with Gasteiger partial charge >= 0.3 is 0 Å². The molecule has 4 rings (SSSR count). The molecule has 0 N–H and O–H groups in total. The maximum absolute atomic E-state index is 12.9. The zero-order chi connectivity index (χ0) is 17.2. The lowest BCUT2D eigenvalue weighted by Gasteiger charge is -2.36. The average Bonchev–Trinajstić information content (AvgIpc) is 3.37. The van der Waals surface area contributed by atoms with Gasteiger partial charge in [0.15, 0.2) is 5.82 Å². The normalized spacial score (nSPS) is 19.5. The summed E-state index contributed by atoms with van der Waals surface area (Å²) in [6.45, 7) is 1.98. The van der Waals surface area contributed by atoms with E-state index in [4.69, 9.17) is 9.26 Å². The molecular weight excluding hydrogens is 318 g/mol. The smallest absolute Gasteiger partial charge is 0.252 e. The van der Waals surface area contributed by atoms with Crippen LogP contribution in [0.15, 0.2) is 28.8 Å². The van der Waals surface area contributed by atoms with Gasteiger partial charge in [-0.2, -0.15) is 4.98 Å². The van der Waals surface area contributed by atoms with Crippen molar-refractivity contribution in [2.24, 2.45) is 0 Å². The third kappa shape index (κ3) is 3.58. The lowest BCUT2D eigenvalue weighted by atomic mass is 9.86. The Morgan fingerprint density at radius 3 is 2.92 bits per heavy atom. The van der Waals surface area contributed by atoms with Gasteiger partial charge in [-0.3, -0.25) is 4.79 Å². The fourth-order valence-corrected chi connectivity index (χ4v) is 3.70. The van der Waals surface area contributed by atoms with Crippen molar-refractivity contribution in [1.29, 1.82) is 0 Å². The Labute approximate surface area is 147 Å². The number of aryl methyl sites for hydroxylation is 2. The van der Waals surface area contributed by atoms with Crippen LogP contribution < -0.4 is 0 Å². The number of nitrogens with zero attached hydrogens (tertiary/aromatic N) is 3. The van der Waals surface area contributed by atoms with Gasteiger partial charge in [-0.25, -0.2) is 0 Å². The van der Waals surface area contributed by atoms with Gasteiger partial charge in [0.2, 0.25) is 5.91 Å². The van der Waals surface area contributed by atoms with Crippen molar-refractivity contribution in [3.05, 3.63) is 47.1 Å². The summed E-state index contributed by atoms with van der Waals surface area (Å²) in [5, 5.41) is 3.72. The minimum Gasteiger partial charge on any atom is -0.362 e. The molecule has 1 saturated carbocycles. The zero-order valence-electron chi connectivity index (χ0n) is 14.5. The van der Waals surface area contributed by atoms with E-state index in [1.165, 1.54) is 11.1 Å². The van der Waals surface area contributed by atoms with E-state index < -0.39 is 0 Å². The highest BCUT2D eigenvalue weighted by atomic mass is 16.5. The number of hydrogen-bond donors (Lipinski definition) is 0. The SMILES string of the molecule is Cc1noc(COCC(=O)N(C2CC2)C2CCCc3ccccc32)n1. The van der Waals surface area contributed by atoms with Crippen LogP contribution in [0.4, 0.5) is 0 Å². The van der Waals surface area contributed by atoms with Crippen LogP contribution in [0.3, 0.4) is 0 Å². The predicted octanol–water partition coefficient (Wildman–Crippen LogP) is 2.96. The molecule has 1 fully saturated rings. The molecule has 1 amide bonds. The Morgan fingerprint density at radius 2 is 2.16 bits per heavy atom. The molecule has 2 aliphatic rings. The van der Waals surface area contributed by atoms with Crippen LogP contribution in [0.25, 0.3) is 0 Å². The summed E-state index contributed by atoms with van der Waals surface area (Å²) in [5.74, 6) is 1.04. The van der Waals surface area contributed by atoms with Gasteiger partial charge in [-0.15, -0.1) is 0 Å². The molecular formula is C19H23N3O3. The number of aromatic nitrogens is 2. The van der Waals surface area contributed by atoms with Gasteiger partial charge in [-0.05, 0) is 50.2 Å². The lowest BCUT2D eigenvalue weighted by Crippen LogP contribution is -2.40. The molecule has 2 aliphatic carbocycles. The Kier molecular flexibility index (Phi) is 4.53. The van der Waals surface area contributed by atoms with Crippen molar-refractivity contribution in [2.75, 3.05) is 6.61 Å². The molecule has 1 atom stereocenters. The monoisotopic (exact) mass is 341 g/mol. The summed E-state index contributed by atoms with van der Waals surface area (Å²) in [6, 6.07) is 9.05. The van der Waals surface area contributed by atoms with Crippen LogP contribution in [-0.4, -0.2) is 33.6 Å². The minimum absolute atomic E-state index is 0.0522. The first kappa shape index (κ1) is 16.3. The van der Waals surface area contributed by atoms with Crippen molar-refractivity contribution >= 4 is 5.91 Å². The van der Waals surface area contributed by atoms with Crippen molar-refractivity contribution < 1.29 is 14.1 Å². The minimum atomic E-state index is 0.0522. The highest BCUT2D eigenvalue weighted by Gasteiger charge is 2.39. The van der Waals surface area contributed by atoms with Crippen molar-refractivity contribution in [1.82, 2.24) is 15.0 Å². The summed E-state index contributed by atoms with van der Waals surface area (Å²) in [5.41, 5.74) is 2.68. The predicted molar refractivity (Wildman–Crippen MR) is 90.7 cm³/mol. The van der Waals surface area contributed by atoms with Crippen LogP contribution >= 0.6 is 0 Å². The van der Waals surface area contributed by atoms with Crippen molar-refractivity contribution in [3.8, 4) is 0 Å². The van der Waals surface area contributed by atoms with E-state index in [-0.39, 0.29) is 25.2 Å². The summed E-state index contributed by atoms with van der Waals surface area (Å²) in [6.07, 6.45) is 5.44. The molecule has 25 heavy (non-hydrogen) atoms. The van der Waals surface area contributed by atoms with E-state index >= 15 is 0 Å². The van der Waals surface area contributed by atoms with Crippen molar-refractivity contribution in [3.63, 3.8) is 0 Å². The molecule has 1 aromatic carbocycles. The molecule has 0 radical (unpaired) electrons. The number of ether oxygens (including phenoxy) is 1. The van der Waals surface area contributed by atoms with E-state index in [1.54, 1.807) is 6.92 Å². The summed E-state index contributed by atoms with van der Waals surface area (Å²) in [7, 11) is 0. The third-order valence-electron chi connectivity index (χ3n) is 4.92. The molecule has 2 aromatic rings. The van der Waals surface area contributed by atoms with Crippen LogP contribution in [-0.2, 0) is 22.6 Å². The zero-order valence-corrected chi connectivity index (χ0v) is 14.5. The number of hydrogen-bond acceptors (Lipinski definition) is 5. The number of carbonyl (C=O) groups excluding carboxylic acids is 1. The second-order valence-electron chi connectivity index (χ2n) is 6.87. The third-order valence-corrected chi connectivity index (χ3v) is 4.92. The summed E-state index contributed by atoms with van der Waals surface area (Å²) >= 11 is 0. The van der Waals surface area contributed by atoms with Crippen molar-refractivity contribution in [2.45, 2.75) is 57.7 Å². The molecule has 1 unspecified atom stereocenters. The Morgan fingerprint density at radius 1 is 1.32 bits per heavy atom. The van der Waals surface area contributed by atoms with Gasteiger partial charge < -0.3 is 14.2 Å². The first-order valence-electron chi connectivity index (χ1n) is 8.98. The number of carbonyl (C=O) groups is 1. The molecule has 0 saturated heterocycles. The standard InChI is InChI=1S/C19H23N3O3/c1-13-20-18(25-21-13)11-24-12-19(23)22(15-9-10-15)17-8-4-6-14-5-2-3-7-16(14)17/h2-3,5,7,15,17H,4,6,8-12H2,1H3. The number of amides is 1. The average molecular weight is 341 g/mol. The van der Waals surface area contributed by atoms with Crippen LogP contribution in [0.2, 0.25) is 0 Å². The van der Waals surface area contributed by atoms with E-state index in [1.807, 2.05) is 0 Å². The molecule has 1 aromatic heterocycles. The molecule has 6 heteroatoms. The molecule has 0 bridgehead atoms.